The summed E-state index contributed by atoms with van der Waals surface area (Å²) in [6.07, 6.45) is 1.36. The SMILES string of the molecule is NNC(Cc1cc(Cl)ccc1F)c1ccc(F)cn1. The minimum atomic E-state index is -0.437. The van der Waals surface area contributed by atoms with Crippen LogP contribution < -0.4 is 11.3 Å². The fourth-order valence-electron chi connectivity index (χ4n) is 1.76. The van der Waals surface area contributed by atoms with Gasteiger partial charge in [0.2, 0.25) is 0 Å². The fraction of sp³-hybridized carbons (Fsp3) is 0.154. The van der Waals surface area contributed by atoms with Gasteiger partial charge in [-0.05, 0) is 42.3 Å². The number of hydrazine groups is 1. The number of halogens is 3. The van der Waals surface area contributed by atoms with Crippen molar-refractivity contribution in [3.63, 3.8) is 0 Å². The smallest absolute Gasteiger partial charge is 0.141 e. The molecule has 3 nitrogen and oxygen atoms in total. The van der Waals surface area contributed by atoms with Gasteiger partial charge in [-0.1, -0.05) is 11.6 Å². The highest BCUT2D eigenvalue weighted by atomic mass is 35.5. The largest absolute Gasteiger partial charge is 0.271 e. The van der Waals surface area contributed by atoms with Crippen LogP contribution in [0.2, 0.25) is 5.02 Å². The second-order valence-corrected chi connectivity index (χ2v) is 4.50. The average molecular weight is 284 g/mol. The topological polar surface area (TPSA) is 50.9 Å². The lowest BCUT2D eigenvalue weighted by Crippen LogP contribution is -2.30. The third-order valence-corrected chi connectivity index (χ3v) is 2.98. The molecule has 1 aromatic heterocycles. The maximum atomic E-state index is 13.6. The van der Waals surface area contributed by atoms with E-state index in [0.717, 1.165) is 6.20 Å². The Hall–Kier alpha value is -1.56. The summed E-state index contributed by atoms with van der Waals surface area (Å²) in [5, 5.41) is 0.444. The van der Waals surface area contributed by atoms with E-state index in [1.165, 1.54) is 30.3 Å². The van der Waals surface area contributed by atoms with E-state index in [0.29, 0.717) is 16.3 Å². The van der Waals surface area contributed by atoms with Crippen LogP contribution in [0.5, 0.6) is 0 Å². The van der Waals surface area contributed by atoms with Gasteiger partial charge in [-0.2, -0.15) is 0 Å². The van der Waals surface area contributed by atoms with Gasteiger partial charge >= 0.3 is 0 Å². The second-order valence-electron chi connectivity index (χ2n) is 4.06. The van der Waals surface area contributed by atoms with Gasteiger partial charge in [0.25, 0.3) is 0 Å². The molecule has 0 radical (unpaired) electrons. The van der Waals surface area contributed by atoms with Gasteiger partial charge in [0.1, 0.15) is 11.6 Å². The van der Waals surface area contributed by atoms with Crippen molar-refractivity contribution >= 4 is 11.6 Å². The molecule has 0 fully saturated rings. The van der Waals surface area contributed by atoms with Crippen LogP contribution in [-0.2, 0) is 6.42 Å². The second kappa shape index (κ2) is 6.06. The summed E-state index contributed by atoms with van der Waals surface area (Å²) in [5.74, 6) is 4.63. The highest BCUT2D eigenvalue weighted by molar-refractivity contribution is 6.30. The molecule has 0 saturated heterocycles. The Morgan fingerprint density at radius 3 is 2.68 bits per heavy atom. The van der Waals surface area contributed by atoms with Crippen LogP contribution in [0.4, 0.5) is 8.78 Å². The number of benzene rings is 1. The first-order valence-electron chi connectivity index (χ1n) is 5.61. The molecular formula is C13H12ClF2N3. The van der Waals surface area contributed by atoms with Gasteiger partial charge in [0.05, 0.1) is 17.9 Å². The Morgan fingerprint density at radius 2 is 2.05 bits per heavy atom. The number of nitrogens with one attached hydrogen (secondary N) is 1. The molecule has 1 heterocycles. The van der Waals surface area contributed by atoms with Gasteiger partial charge in [-0.25, -0.2) is 8.78 Å². The van der Waals surface area contributed by atoms with E-state index in [2.05, 4.69) is 10.4 Å². The summed E-state index contributed by atoms with van der Waals surface area (Å²) >= 11 is 5.83. The molecule has 19 heavy (non-hydrogen) atoms. The van der Waals surface area contributed by atoms with E-state index in [9.17, 15) is 8.78 Å². The minimum Gasteiger partial charge on any atom is -0.271 e. The Labute approximate surface area is 114 Å². The maximum Gasteiger partial charge on any atom is 0.141 e. The van der Waals surface area contributed by atoms with E-state index in [4.69, 9.17) is 17.4 Å². The summed E-state index contributed by atoms with van der Waals surface area (Å²) in [4.78, 5) is 3.92. The maximum absolute atomic E-state index is 13.6. The zero-order chi connectivity index (χ0) is 13.8. The van der Waals surface area contributed by atoms with Crippen molar-refractivity contribution in [2.24, 2.45) is 5.84 Å². The van der Waals surface area contributed by atoms with Crippen LogP contribution in [-0.4, -0.2) is 4.98 Å². The van der Waals surface area contributed by atoms with Crippen LogP contribution >= 0.6 is 11.6 Å². The van der Waals surface area contributed by atoms with Gasteiger partial charge < -0.3 is 0 Å². The third-order valence-electron chi connectivity index (χ3n) is 2.74. The van der Waals surface area contributed by atoms with Crippen molar-refractivity contribution in [2.75, 3.05) is 0 Å². The monoisotopic (exact) mass is 283 g/mol. The van der Waals surface area contributed by atoms with Crippen molar-refractivity contribution in [3.8, 4) is 0 Å². The molecule has 2 aromatic rings. The lowest BCUT2D eigenvalue weighted by molar-refractivity contribution is 0.515. The number of nitrogens with two attached hydrogens (primary N) is 1. The van der Waals surface area contributed by atoms with E-state index >= 15 is 0 Å². The lowest BCUT2D eigenvalue weighted by Gasteiger charge is -2.16. The summed E-state index contributed by atoms with van der Waals surface area (Å²) < 4.78 is 26.4. The molecule has 3 N–H and O–H groups in total. The summed E-state index contributed by atoms with van der Waals surface area (Å²) in [6, 6.07) is 6.66. The van der Waals surface area contributed by atoms with E-state index in [-0.39, 0.29) is 12.2 Å². The van der Waals surface area contributed by atoms with Gasteiger partial charge in [-0.3, -0.25) is 16.3 Å². The fourth-order valence-corrected chi connectivity index (χ4v) is 1.96. The molecule has 0 saturated carbocycles. The molecule has 0 aliphatic heterocycles. The van der Waals surface area contributed by atoms with E-state index in [1.807, 2.05) is 0 Å². The van der Waals surface area contributed by atoms with Crippen molar-refractivity contribution in [2.45, 2.75) is 12.5 Å². The van der Waals surface area contributed by atoms with E-state index in [1.54, 1.807) is 0 Å². The lowest BCUT2D eigenvalue weighted by atomic mass is 10.0. The molecule has 0 bridgehead atoms. The van der Waals surface area contributed by atoms with Crippen LogP contribution in [0.1, 0.15) is 17.3 Å². The zero-order valence-electron chi connectivity index (χ0n) is 9.91. The third kappa shape index (κ3) is 3.47. The van der Waals surface area contributed by atoms with Crippen LogP contribution in [0, 0.1) is 11.6 Å². The standard InChI is InChI=1S/C13H12ClF2N3/c14-9-1-3-11(16)8(5-9)6-13(19-17)12-4-2-10(15)7-18-12/h1-5,7,13,19H,6,17H2. The summed E-state index contributed by atoms with van der Waals surface area (Å²) in [5.41, 5.74) is 3.49. The van der Waals surface area contributed by atoms with Crippen molar-refractivity contribution in [3.05, 3.63) is 64.4 Å². The van der Waals surface area contributed by atoms with Crippen molar-refractivity contribution < 1.29 is 8.78 Å². The van der Waals surface area contributed by atoms with Crippen molar-refractivity contribution in [1.82, 2.24) is 10.4 Å². The summed E-state index contributed by atoms with van der Waals surface area (Å²) in [7, 11) is 0. The molecule has 1 unspecified atom stereocenters. The number of nitrogens with zero attached hydrogens (tertiary/aromatic N) is 1. The first-order chi connectivity index (χ1) is 9.10. The number of pyridine rings is 1. The minimum absolute atomic E-state index is 0.265. The average Bonchev–Trinajstić information content (AvgIpc) is 2.41. The van der Waals surface area contributed by atoms with Crippen LogP contribution in [0.25, 0.3) is 0 Å². The molecule has 2 rings (SSSR count). The molecule has 6 heteroatoms. The number of rotatable bonds is 4. The van der Waals surface area contributed by atoms with Crippen molar-refractivity contribution in [1.29, 1.82) is 0 Å². The van der Waals surface area contributed by atoms with Crippen LogP contribution in [0.15, 0.2) is 36.5 Å². The number of hydrogen-bond acceptors (Lipinski definition) is 3. The normalized spacial score (nSPS) is 12.4. The van der Waals surface area contributed by atoms with Gasteiger partial charge in [0.15, 0.2) is 0 Å². The molecule has 100 valence electrons. The molecule has 1 aromatic carbocycles. The Bertz CT molecular complexity index is 560. The Balaban J connectivity index is 2.23. The molecule has 0 aliphatic rings. The molecular weight excluding hydrogens is 272 g/mol. The first kappa shape index (κ1) is 13.9. The quantitative estimate of drug-likeness (QED) is 0.670. The van der Waals surface area contributed by atoms with Gasteiger partial charge in [0, 0.05) is 5.02 Å². The van der Waals surface area contributed by atoms with Gasteiger partial charge in [-0.15, -0.1) is 0 Å². The first-order valence-corrected chi connectivity index (χ1v) is 5.99. The van der Waals surface area contributed by atoms with E-state index < -0.39 is 11.9 Å². The summed E-state index contributed by atoms with van der Waals surface area (Å²) in [6.45, 7) is 0. The Kier molecular flexibility index (Phi) is 4.42. The number of aromatic nitrogens is 1. The predicted molar refractivity (Wildman–Crippen MR) is 69.4 cm³/mol. The molecule has 0 spiro atoms. The molecule has 1 atom stereocenters. The molecule has 0 amide bonds. The highest BCUT2D eigenvalue weighted by Gasteiger charge is 2.15. The highest BCUT2D eigenvalue weighted by Crippen LogP contribution is 2.21. The number of hydrogen-bond donors (Lipinski definition) is 2. The molecule has 0 aliphatic carbocycles. The predicted octanol–water partition coefficient (Wildman–Crippen LogP) is 2.76. The Morgan fingerprint density at radius 1 is 1.26 bits per heavy atom. The van der Waals surface area contributed by atoms with Crippen LogP contribution in [0.3, 0.4) is 0 Å². The zero-order valence-corrected chi connectivity index (χ0v) is 10.7.